The Morgan fingerprint density at radius 1 is 0.889 bits per heavy atom. The van der Waals surface area contributed by atoms with Crippen molar-refractivity contribution in [2.45, 2.75) is 23.1 Å². The highest BCUT2D eigenvalue weighted by Crippen LogP contribution is 2.21. The second kappa shape index (κ2) is 4.90. The second-order valence-corrected chi connectivity index (χ2v) is 5.90. The Hall–Kier alpha value is -1.68. The molecule has 0 unspecified atom stereocenters. The molecule has 18 heavy (non-hydrogen) atoms. The van der Waals surface area contributed by atoms with Gasteiger partial charge < -0.3 is 0 Å². The molecule has 2 rings (SSSR count). The number of sulfone groups is 1. The largest absolute Gasteiger partial charge is 0.219 e. The van der Waals surface area contributed by atoms with E-state index in [0.29, 0.717) is 0 Å². The Morgan fingerprint density at radius 3 is 1.78 bits per heavy atom. The van der Waals surface area contributed by atoms with Crippen LogP contribution in [0.5, 0.6) is 0 Å². The fourth-order valence-corrected chi connectivity index (χ4v) is 2.92. The van der Waals surface area contributed by atoms with E-state index >= 15 is 0 Å². The summed E-state index contributed by atoms with van der Waals surface area (Å²) >= 11 is 0. The Bertz CT molecular complexity index is 628. The first kappa shape index (κ1) is 12.8. The lowest BCUT2D eigenvalue weighted by Gasteiger charge is -2.05. The average molecular weight is 264 g/mol. The fraction of sp³-hybridized carbons (Fsp3) is 0.143. The molecule has 94 valence electrons. The third-order valence-corrected chi connectivity index (χ3v) is 4.55. The van der Waals surface area contributed by atoms with Crippen LogP contribution in [0.3, 0.4) is 0 Å². The predicted molar refractivity (Wildman–Crippen MR) is 67.7 cm³/mol. The maximum Gasteiger partial charge on any atom is 0.206 e. The molecule has 0 bridgehead atoms. The molecule has 2 aromatic rings. The first-order valence-corrected chi connectivity index (χ1v) is 7.12. The molecule has 0 aromatic heterocycles. The molecule has 2 aromatic carbocycles. The Morgan fingerprint density at radius 2 is 1.33 bits per heavy atom. The molecule has 0 aliphatic carbocycles. The summed E-state index contributed by atoms with van der Waals surface area (Å²) in [7, 11) is -3.55. The van der Waals surface area contributed by atoms with Gasteiger partial charge in [0.2, 0.25) is 9.84 Å². The van der Waals surface area contributed by atoms with Crippen molar-refractivity contribution < 1.29 is 12.8 Å². The number of hydrogen-bond donors (Lipinski definition) is 0. The first-order valence-electron chi connectivity index (χ1n) is 5.63. The monoisotopic (exact) mass is 264 g/mol. The van der Waals surface area contributed by atoms with Gasteiger partial charge in [-0.25, -0.2) is 12.8 Å². The Balaban J connectivity index is 2.44. The minimum Gasteiger partial charge on any atom is -0.219 e. The van der Waals surface area contributed by atoms with E-state index in [9.17, 15) is 12.8 Å². The van der Waals surface area contributed by atoms with Crippen LogP contribution in [0.1, 0.15) is 12.5 Å². The highest BCUT2D eigenvalue weighted by molar-refractivity contribution is 7.91. The van der Waals surface area contributed by atoms with E-state index in [1.54, 1.807) is 24.3 Å². The first-order chi connectivity index (χ1) is 8.54. The van der Waals surface area contributed by atoms with Crippen molar-refractivity contribution in [1.29, 1.82) is 0 Å². The zero-order chi connectivity index (χ0) is 13.2. The van der Waals surface area contributed by atoms with Crippen LogP contribution < -0.4 is 0 Å². The van der Waals surface area contributed by atoms with Crippen LogP contribution in [0, 0.1) is 5.82 Å². The van der Waals surface area contributed by atoms with Gasteiger partial charge >= 0.3 is 0 Å². The van der Waals surface area contributed by atoms with Crippen LogP contribution in [0.25, 0.3) is 0 Å². The zero-order valence-corrected chi connectivity index (χ0v) is 10.7. The molecule has 0 N–H and O–H groups in total. The predicted octanol–water partition coefficient (Wildman–Crippen LogP) is 3.22. The minimum atomic E-state index is -3.55. The Kier molecular flexibility index (Phi) is 3.48. The molecule has 0 aliphatic heterocycles. The highest BCUT2D eigenvalue weighted by atomic mass is 32.2. The summed E-state index contributed by atoms with van der Waals surface area (Å²) < 4.78 is 37.2. The summed E-state index contributed by atoms with van der Waals surface area (Å²) in [5.74, 6) is -0.449. The van der Waals surface area contributed by atoms with Crippen LogP contribution >= 0.6 is 0 Å². The van der Waals surface area contributed by atoms with Gasteiger partial charge in [-0.05, 0) is 48.4 Å². The summed E-state index contributed by atoms with van der Waals surface area (Å²) in [4.78, 5) is 0.333. The quantitative estimate of drug-likeness (QED) is 0.798. The molecular formula is C14H13FO2S. The maximum absolute atomic E-state index is 12.8. The highest BCUT2D eigenvalue weighted by Gasteiger charge is 2.17. The third-order valence-electron chi connectivity index (χ3n) is 2.77. The summed E-state index contributed by atoms with van der Waals surface area (Å²) in [6.07, 6.45) is 0.858. The summed E-state index contributed by atoms with van der Waals surface area (Å²) in [6.45, 7) is 2.00. The van der Waals surface area contributed by atoms with Gasteiger partial charge in [0.1, 0.15) is 5.82 Å². The standard InChI is InChI=1S/C14H13FO2S/c1-2-11-3-7-13(8-4-11)18(16,17)14-9-5-12(15)6-10-14/h3-10H,2H2,1H3. The molecule has 0 radical (unpaired) electrons. The molecule has 0 spiro atoms. The van der Waals surface area contributed by atoms with Gasteiger partial charge in [0.15, 0.2) is 0 Å². The molecule has 0 aliphatic rings. The Labute approximate surface area is 106 Å². The maximum atomic E-state index is 12.8. The summed E-state index contributed by atoms with van der Waals surface area (Å²) in [6, 6.07) is 11.6. The van der Waals surface area contributed by atoms with E-state index in [0.717, 1.165) is 24.1 Å². The van der Waals surface area contributed by atoms with Crippen molar-refractivity contribution in [3.05, 3.63) is 59.9 Å². The molecule has 0 heterocycles. The SMILES string of the molecule is CCc1ccc(S(=O)(=O)c2ccc(F)cc2)cc1. The second-order valence-electron chi connectivity index (χ2n) is 3.95. The lowest BCUT2D eigenvalue weighted by Crippen LogP contribution is -2.02. The van der Waals surface area contributed by atoms with E-state index in [2.05, 4.69) is 0 Å². The van der Waals surface area contributed by atoms with Gasteiger partial charge in [0.05, 0.1) is 9.79 Å². The third kappa shape index (κ3) is 2.43. The molecular weight excluding hydrogens is 251 g/mol. The van der Waals surface area contributed by atoms with E-state index in [1.807, 2.05) is 6.92 Å². The lowest BCUT2D eigenvalue weighted by molar-refractivity contribution is 0.594. The number of benzene rings is 2. The average Bonchev–Trinajstić information content (AvgIpc) is 2.39. The van der Waals surface area contributed by atoms with Crippen molar-refractivity contribution in [1.82, 2.24) is 0 Å². The molecule has 0 fully saturated rings. The summed E-state index contributed by atoms with van der Waals surface area (Å²) in [5, 5.41) is 0. The molecule has 2 nitrogen and oxygen atoms in total. The smallest absolute Gasteiger partial charge is 0.206 e. The number of aryl methyl sites for hydroxylation is 1. The van der Waals surface area contributed by atoms with Gasteiger partial charge in [-0.3, -0.25) is 0 Å². The van der Waals surface area contributed by atoms with Crippen molar-refractivity contribution in [3.8, 4) is 0 Å². The van der Waals surface area contributed by atoms with Crippen LogP contribution in [-0.2, 0) is 16.3 Å². The van der Waals surface area contributed by atoms with Crippen molar-refractivity contribution >= 4 is 9.84 Å². The lowest BCUT2D eigenvalue weighted by atomic mass is 10.2. The minimum absolute atomic E-state index is 0.105. The van der Waals surface area contributed by atoms with Crippen molar-refractivity contribution in [2.75, 3.05) is 0 Å². The molecule has 0 saturated carbocycles. The van der Waals surface area contributed by atoms with E-state index in [-0.39, 0.29) is 9.79 Å². The van der Waals surface area contributed by atoms with Gasteiger partial charge in [-0.1, -0.05) is 19.1 Å². The van der Waals surface area contributed by atoms with Gasteiger partial charge in [-0.15, -0.1) is 0 Å². The van der Waals surface area contributed by atoms with E-state index in [4.69, 9.17) is 0 Å². The molecule has 4 heteroatoms. The molecule has 0 amide bonds. The van der Waals surface area contributed by atoms with Crippen LogP contribution in [0.15, 0.2) is 58.3 Å². The number of hydrogen-bond acceptors (Lipinski definition) is 2. The van der Waals surface area contributed by atoms with Crippen molar-refractivity contribution in [2.24, 2.45) is 0 Å². The van der Waals surface area contributed by atoms with Gasteiger partial charge in [-0.2, -0.15) is 0 Å². The fourth-order valence-electron chi connectivity index (χ4n) is 1.65. The summed E-state index contributed by atoms with van der Waals surface area (Å²) in [5.41, 5.74) is 1.08. The van der Waals surface area contributed by atoms with Crippen LogP contribution in [0.4, 0.5) is 4.39 Å². The topological polar surface area (TPSA) is 34.1 Å². The normalized spacial score (nSPS) is 11.4. The zero-order valence-electron chi connectivity index (χ0n) is 9.93. The number of halogens is 1. The van der Waals surface area contributed by atoms with E-state index < -0.39 is 15.7 Å². The molecule has 0 atom stereocenters. The van der Waals surface area contributed by atoms with E-state index in [1.165, 1.54) is 12.1 Å². The van der Waals surface area contributed by atoms with Crippen molar-refractivity contribution in [3.63, 3.8) is 0 Å². The van der Waals surface area contributed by atoms with Gasteiger partial charge in [0.25, 0.3) is 0 Å². The molecule has 0 saturated heterocycles. The van der Waals surface area contributed by atoms with Crippen LogP contribution in [-0.4, -0.2) is 8.42 Å². The van der Waals surface area contributed by atoms with Gasteiger partial charge in [0, 0.05) is 0 Å². The number of rotatable bonds is 3. The van der Waals surface area contributed by atoms with Crippen LogP contribution in [0.2, 0.25) is 0 Å².